The quantitative estimate of drug-likeness (QED) is 0.728. The van der Waals surface area contributed by atoms with Crippen LogP contribution in [0.4, 0.5) is 0 Å². The maximum atomic E-state index is 12.3. The largest absolute Gasteiger partial charge is 0.358 e. The number of carbonyl (C=O) groups excluding carboxylic acids is 1. The lowest BCUT2D eigenvalue weighted by atomic mass is 10.0. The highest BCUT2D eigenvalue weighted by atomic mass is 16.1. The van der Waals surface area contributed by atoms with Crippen molar-refractivity contribution < 1.29 is 4.79 Å². The van der Waals surface area contributed by atoms with Gasteiger partial charge >= 0.3 is 0 Å². The molecule has 6 nitrogen and oxygen atoms in total. The van der Waals surface area contributed by atoms with Gasteiger partial charge in [0.2, 0.25) is 5.91 Å². The minimum Gasteiger partial charge on any atom is -0.358 e. The predicted molar refractivity (Wildman–Crippen MR) is 107 cm³/mol. The SMILES string of the molecule is Cc1cc(C)c2[nH]c(C)c(CCNC(=O)Cc3ncn(C)c(=O)c3C)c2c1. The summed E-state index contributed by atoms with van der Waals surface area (Å²) in [4.78, 5) is 31.9. The van der Waals surface area contributed by atoms with Crippen molar-refractivity contribution in [1.29, 1.82) is 0 Å². The van der Waals surface area contributed by atoms with E-state index in [-0.39, 0.29) is 17.9 Å². The third-order valence-corrected chi connectivity index (χ3v) is 5.06. The van der Waals surface area contributed by atoms with Crippen LogP contribution >= 0.6 is 0 Å². The maximum absolute atomic E-state index is 12.3. The molecule has 0 saturated heterocycles. The summed E-state index contributed by atoms with van der Waals surface area (Å²) in [6.07, 6.45) is 2.33. The van der Waals surface area contributed by atoms with Crippen molar-refractivity contribution in [3.8, 4) is 0 Å². The second-order valence-electron chi connectivity index (χ2n) is 7.24. The molecule has 3 rings (SSSR count). The molecule has 0 fully saturated rings. The number of nitrogens with one attached hydrogen (secondary N) is 2. The van der Waals surface area contributed by atoms with Gasteiger partial charge in [0.1, 0.15) is 0 Å². The number of carbonyl (C=O) groups is 1. The van der Waals surface area contributed by atoms with Gasteiger partial charge in [-0.3, -0.25) is 9.59 Å². The summed E-state index contributed by atoms with van der Waals surface area (Å²) in [7, 11) is 1.65. The highest BCUT2D eigenvalue weighted by molar-refractivity contribution is 5.88. The molecular formula is C21H26N4O2. The van der Waals surface area contributed by atoms with E-state index in [0.717, 1.165) is 12.1 Å². The van der Waals surface area contributed by atoms with Crippen molar-refractivity contribution in [3.63, 3.8) is 0 Å². The van der Waals surface area contributed by atoms with Gasteiger partial charge in [0.25, 0.3) is 5.56 Å². The standard InChI is InChI=1S/C21H26N4O2/c1-12-8-13(2)20-17(9-12)16(15(4)24-20)6-7-22-19(26)10-18-14(3)21(27)25(5)11-23-18/h8-9,11,24H,6-7,10H2,1-5H3,(H,22,26). The Kier molecular flexibility index (Phi) is 5.17. The lowest BCUT2D eigenvalue weighted by Gasteiger charge is -2.08. The Balaban J connectivity index is 1.68. The average Bonchev–Trinajstić information content (AvgIpc) is 2.92. The number of nitrogens with zero attached hydrogens (tertiary/aromatic N) is 2. The van der Waals surface area contributed by atoms with Crippen LogP contribution in [0.3, 0.4) is 0 Å². The fourth-order valence-corrected chi connectivity index (χ4v) is 3.57. The fourth-order valence-electron chi connectivity index (χ4n) is 3.57. The molecule has 0 unspecified atom stereocenters. The summed E-state index contributed by atoms with van der Waals surface area (Å²) >= 11 is 0. The second-order valence-corrected chi connectivity index (χ2v) is 7.24. The Morgan fingerprint density at radius 1 is 1.22 bits per heavy atom. The molecule has 142 valence electrons. The minimum absolute atomic E-state index is 0.118. The molecule has 0 aliphatic heterocycles. The number of aryl methyl sites for hydroxylation is 4. The van der Waals surface area contributed by atoms with Gasteiger partial charge < -0.3 is 14.9 Å². The van der Waals surface area contributed by atoms with Crippen LogP contribution < -0.4 is 10.9 Å². The summed E-state index contributed by atoms with van der Waals surface area (Å²) in [6, 6.07) is 4.36. The number of aromatic nitrogens is 3. The number of benzene rings is 1. The van der Waals surface area contributed by atoms with Gasteiger partial charge in [-0.05, 0) is 51.3 Å². The third kappa shape index (κ3) is 3.79. The molecule has 2 N–H and O–H groups in total. The zero-order valence-electron chi connectivity index (χ0n) is 16.6. The third-order valence-electron chi connectivity index (χ3n) is 5.06. The number of amides is 1. The first-order valence-corrected chi connectivity index (χ1v) is 9.14. The Labute approximate surface area is 158 Å². The van der Waals surface area contributed by atoms with E-state index in [1.54, 1.807) is 14.0 Å². The van der Waals surface area contributed by atoms with Crippen LogP contribution in [0.5, 0.6) is 0 Å². The van der Waals surface area contributed by atoms with Crippen LogP contribution in [0.1, 0.15) is 33.6 Å². The van der Waals surface area contributed by atoms with Crippen molar-refractivity contribution in [2.24, 2.45) is 7.05 Å². The summed E-state index contributed by atoms with van der Waals surface area (Å²) in [6.45, 7) is 8.52. The van der Waals surface area contributed by atoms with Crippen molar-refractivity contribution in [2.75, 3.05) is 6.54 Å². The Bertz CT molecular complexity index is 1080. The molecule has 0 radical (unpaired) electrons. The Hall–Kier alpha value is -2.89. The summed E-state index contributed by atoms with van der Waals surface area (Å²) in [5.41, 5.74) is 6.94. The van der Waals surface area contributed by atoms with Gasteiger partial charge in [-0.1, -0.05) is 11.6 Å². The highest BCUT2D eigenvalue weighted by Gasteiger charge is 2.13. The molecule has 0 spiro atoms. The molecule has 0 bridgehead atoms. The molecule has 2 heterocycles. The smallest absolute Gasteiger partial charge is 0.256 e. The molecule has 0 saturated carbocycles. The van der Waals surface area contributed by atoms with Crippen LogP contribution in [0.2, 0.25) is 0 Å². The monoisotopic (exact) mass is 366 g/mol. The molecule has 1 aromatic carbocycles. The van der Waals surface area contributed by atoms with Crippen molar-refractivity contribution >= 4 is 16.8 Å². The van der Waals surface area contributed by atoms with E-state index in [4.69, 9.17) is 0 Å². The summed E-state index contributed by atoms with van der Waals surface area (Å²) < 4.78 is 1.42. The van der Waals surface area contributed by atoms with Crippen LogP contribution in [0.15, 0.2) is 23.3 Å². The van der Waals surface area contributed by atoms with E-state index in [9.17, 15) is 9.59 Å². The van der Waals surface area contributed by atoms with E-state index in [1.807, 2.05) is 0 Å². The van der Waals surface area contributed by atoms with Gasteiger partial charge in [-0.25, -0.2) is 4.98 Å². The molecule has 2 aromatic heterocycles. The molecular weight excluding hydrogens is 340 g/mol. The lowest BCUT2D eigenvalue weighted by molar-refractivity contribution is -0.120. The predicted octanol–water partition coefficient (Wildman–Crippen LogP) is 2.40. The first-order chi connectivity index (χ1) is 12.8. The zero-order valence-corrected chi connectivity index (χ0v) is 16.6. The molecule has 3 aromatic rings. The number of rotatable bonds is 5. The van der Waals surface area contributed by atoms with Crippen LogP contribution in [0, 0.1) is 27.7 Å². The Morgan fingerprint density at radius 3 is 2.70 bits per heavy atom. The normalized spacial score (nSPS) is 11.1. The lowest BCUT2D eigenvalue weighted by Crippen LogP contribution is -2.30. The van der Waals surface area contributed by atoms with Gasteiger partial charge in [0.05, 0.1) is 18.4 Å². The maximum Gasteiger partial charge on any atom is 0.256 e. The van der Waals surface area contributed by atoms with Crippen LogP contribution in [-0.2, 0) is 24.7 Å². The average molecular weight is 366 g/mol. The van der Waals surface area contributed by atoms with Crippen molar-refractivity contribution in [1.82, 2.24) is 19.9 Å². The van der Waals surface area contributed by atoms with Gasteiger partial charge in [-0.2, -0.15) is 0 Å². The first kappa shape index (κ1) is 18.9. The number of aromatic amines is 1. The number of H-pyrrole nitrogens is 1. The van der Waals surface area contributed by atoms with E-state index in [1.165, 1.54) is 38.5 Å². The van der Waals surface area contributed by atoms with Crippen molar-refractivity contribution in [3.05, 3.63) is 62.5 Å². The Morgan fingerprint density at radius 2 is 1.96 bits per heavy atom. The highest BCUT2D eigenvalue weighted by Crippen LogP contribution is 2.26. The molecule has 27 heavy (non-hydrogen) atoms. The van der Waals surface area contributed by atoms with Crippen LogP contribution in [-0.4, -0.2) is 27.0 Å². The van der Waals surface area contributed by atoms with Gasteiger partial charge in [0, 0.05) is 35.8 Å². The number of hydrogen-bond donors (Lipinski definition) is 2. The van der Waals surface area contributed by atoms with E-state index < -0.39 is 0 Å². The topological polar surface area (TPSA) is 79.8 Å². The number of fused-ring (bicyclic) bond motifs is 1. The first-order valence-electron chi connectivity index (χ1n) is 9.14. The molecule has 0 aliphatic rings. The molecule has 0 aliphatic carbocycles. The van der Waals surface area contributed by atoms with Gasteiger partial charge in [-0.15, -0.1) is 0 Å². The summed E-state index contributed by atoms with van der Waals surface area (Å²) in [5, 5.41) is 4.18. The van der Waals surface area contributed by atoms with Gasteiger partial charge in [0.15, 0.2) is 0 Å². The number of hydrogen-bond acceptors (Lipinski definition) is 3. The fraction of sp³-hybridized carbons (Fsp3) is 0.381. The van der Waals surface area contributed by atoms with Crippen LogP contribution in [0.25, 0.3) is 10.9 Å². The molecule has 0 atom stereocenters. The molecule has 1 amide bonds. The van der Waals surface area contributed by atoms with E-state index in [0.29, 0.717) is 17.8 Å². The van der Waals surface area contributed by atoms with E-state index >= 15 is 0 Å². The van der Waals surface area contributed by atoms with Crippen molar-refractivity contribution in [2.45, 2.75) is 40.5 Å². The minimum atomic E-state index is -0.122. The summed E-state index contributed by atoms with van der Waals surface area (Å²) in [5.74, 6) is -0.122. The second kappa shape index (κ2) is 7.39. The molecule has 6 heteroatoms. The van der Waals surface area contributed by atoms with E-state index in [2.05, 4.69) is 48.2 Å². The zero-order chi connectivity index (χ0) is 19.7.